The van der Waals surface area contributed by atoms with E-state index in [-0.39, 0.29) is 30.1 Å². The first-order chi connectivity index (χ1) is 11.5. The second-order valence-electron chi connectivity index (χ2n) is 7.44. The van der Waals surface area contributed by atoms with E-state index in [2.05, 4.69) is 10.6 Å². The molecule has 4 rings (SSSR count). The van der Waals surface area contributed by atoms with Crippen LogP contribution in [0.5, 0.6) is 0 Å². The molecule has 0 saturated carbocycles. The minimum atomic E-state index is -3.20. The highest BCUT2D eigenvalue weighted by atomic mass is 35.5. The van der Waals surface area contributed by atoms with Crippen molar-refractivity contribution in [1.29, 1.82) is 0 Å². The van der Waals surface area contributed by atoms with E-state index in [1.54, 1.807) is 12.1 Å². The van der Waals surface area contributed by atoms with Crippen molar-refractivity contribution >= 4 is 28.2 Å². The lowest BCUT2D eigenvalue weighted by atomic mass is 9.89. The Kier molecular flexibility index (Phi) is 5.42. The van der Waals surface area contributed by atoms with E-state index in [0.717, 1.165) is 18.4 Å². The number of carbonyl (C=O) groups is 1. The van der Waals surface area contributed by atoms with Crippen LogP contribution in [0.1, 0.15) is 50.1 Å². The number of nitrogens with one attached hydrogen (secondary N) is 2. The van der Waals surface area contributed by atoms with Crippen LogP contribution in [-0.4, -0.2) is 32.2 Å². The number of fused-ring (bicyclic) bond motifs is 3. The van der Waals surface area contributed by atoms with E-state index in [1.807, 2.05) is 12.1 Å². The lowest BCUT2D eigenvalue weighted by molar-refractivity contribution is -0.123. The smallest absolute Gasteiger partial charge is 0.220 e. The molecule has 138 valence electrons. The maximum atomic E-state index is 12.5. The summed E-state index contributed by atoms with van der Waals surface area (Å²) in [4.78, 5) is 12.9. The fourth-order valence-corrected chi connectivity index (χ4v) is 6.22. The third-order valence-corrected chi connectivity index (χ3v) is 7.50. The van der Waals surface area contributed by atoms with Crippen molar-refractivity contribution in [3.63, 3.8) is 0 Å². The zero-order valence-electron chi connectivity index (χ0n) is 14.1. The number of carbonyl (C=O) groups excluding carboxylic acids is 1. The summed E-state index contributed by atoms with van der Waals surface area (Å²) in [5.41, 5.74) is 0.738. The van der Waals surface area contributed by atoms with E-state index in [1.165, 1.54) is 12.8 Å². The molecule has 1 aromatic rings. The minimum Gasteiger partial charge on any atom is -0.349 e. The van der Waals surface area contributed by atoms with Crippen molar-refractivity contribution in [2.24, 2.45) is 5.92 Å². The Morgan fingerprint density at radius 3 is 2.52 bits per heavy atom. The van der Waals surface area contributed by atoms with Gasteiger partial charge in [0.15, 0.2) is 9.84 Å². The molecular weight excluding hydrogens is 360 g/mol. The summed E-state index contributed by atoms with van der Waals surface area (Å²) in [7, 11) is -3.20. The maximum Gasteiger partial charge on any atom is 0.220 e. The summed E-state index contributed by atoms with van der Waals surface area (Å²) in [6, 6.07) is 8.03. The fraction of sp³-hybridized carbons (Fsp3) is 0.611. The molecule has 0 aromatic heterocycles. The molecule has 7 heteroatoms. The maximum absolute atomic E-state index is 12.5. The first-order valence-corrected chi connectivity index (χ1v) is 10.5. The standard InChI is InChI=1S/C18H24N2O3S.ClH/c21-18(11-12-9-13-5-6-14(10-12)19-13)20-16-7-8-24(22,23)17-4-2-1-3-15(16)17;/h1-4,12-14,16,19H,5-11H2,(H,20,21);1H. The van der Waals surface area contributed by atoms with Crippen LogP contribution in [0, 0.1) is 5.92 Å². The Bertz CT molecular complexity index is 740. The van der Waals surface area contributed by atoms with Gasteiger partial charge in [0.05, 0.1) is 16.7 Å². The molecule has 2 fully saturated rings. The summed E-state index contributed by atoms with van der Waals surface area (Å²) in [5.74, 6) is 0.610. The second-order valence-corrected chi connectivity index (χ2v) is 9.52. The van der Waals surface area contributed by atoms with Crippen molar-refractivity contribution in [1.82, 2.24) is 10.6 Å². The molecule has 0 spiro atoms. The van der Waals surface area contributed by atoms with Gasteiger partial charge in [0.2, 0.25) is 5.91 Å². The molecule has 25 heavy (non-hydrogen) atoms. The van der Waals surface area contributed by atoms with Gasteiger partial charge in [0.25, 0.3) is 0 Å². The molecule has 0 radical (unpaired) electrons. The first-order valence-electron chi connectivity index (χ1n) is 8.88. The van der Waals surface area contributed by atoms with Gasteiger partial charge in [-0.3, -0.25) is 4.79 Å². The lowest BCUT2D eigenvalue weighted by Crippen LogP contribution is -2.40. The molecule has 1 amide bonds. The van der Waals surface area contributed by atoms with Gasteiger partial charge in [-0.15, -0.1) is 12.4 Å². The van der Waals surface area contributed by atoms with Gasteiger partial charge < -0.3 is 10.6 Å². The van der Waals surface area contributed by atoms with E-state index in [0.29, 0.717) is 35.7 Å². The van der Waals surface area contributed by atoms with Gasteiger partial charge in [0, 0.05) is 18.5 Å². The Morgan fingerprint density at radius 1 is 1.12 bits per heavy atom. The first kappa shape index (κ1) is 18.7. The van der Waals surface area contributed by atoms with Crippen molar-refractivity contribution in [2.75, 3.05) is 5.75 Å². The fourth-order valence-electron chi connectivity index (χ4n) is 4.60. The molecule has 3 unspecified atom stereocenters. The highest BCUT2D eigenvalue weighted by Crippen LogP contribution is 2.34. The molecule has 2 bridgehead atoms. The SMILES string of the molecule is Cl.O=C(CC1CC2CCC(C1)N2)NC1CCS(=O)(=O)c2ccccc21. The van der Waals surface area contributed by atoms with Crippen LogP contribution in [0.3, 0.4) is 0 Å². The van der Waals surface area contributed by atoms with Crippen LogP contribution in [-0.2, 0) is 14.6 Å². The van der Waals surface area contributed by atoms with Gasteiger partial charge in [-0.1, -0.05) is 18.2 Å². The Labute approximate surface area is 155 Å². The average Bonchev–Trinajstić information content (AvgIpc) is 2.89. The Hall–Kier alpha value is -1.11. The Morgan fingerprint density at radius 2 is 1.80 bits per heavy atom. The monoisotopic (exact) mass is 384 g/mol. The number of halogens is 1. The van der Waals surface area contributed by atoms with Gasteiger partial charge >= 0.3 is 0 Å². The average molecular weight is 385 g/mol. The van der Waals surface area contributed by atoms with E-state index in [4.69, 9.17) is 0 Å². The largest absolute Gasteiger partial charge is 0.349 e. The van der Waals surface area contributed by atoms with Crippen LogP contribution in [0.15, 0.2) is 29.2 Å². The Balaban J connectivity index is 0.00000182. The van der Waals surface area contributed by atoms with Gasteiger partial charge in [-0.05, 0) is 49.7 Å². The highest BCUT2D eigenvalue weighted by molar-refractivity contribution is 7.91. The van der Waals surface area contributed by atoms with Crippen LogP contribution in [0.25, 0.3) is 0 Å². The van der Waals surface area contributed by atoms with E-state index in [9.17, 15) is 13.2 Å². The van der Waals surface area contributed by atoms with Crippen LogP contribution in [0.4, 0.5) is 0 Å². The third-order valence-electron chi connectivity index (χ3n) is 5.68. The quantitative estimate of drug-likeness (QED) is 0.838. The molecule has 3 heterocycles. The van der Waals surface area contributed by atoms with Crippen molar-refractivity contribution < 1.29 is 13.2 Å². The van der Waals surface area contributed by atoms with E-state index >= 15 is 0 Å². The minimum absolute atomic E-state index is 0. The highest BCUT2D eigenvalue weighted by Gasteiger charge is 2.35. The summed E-state index contributed by atoms with van der Waals surface area (Å²) < 4.78 is 24.4. The molecule has 2 N–H and O–H groups in total. The summed E-state index contributed by atoms with van der Waals surface area (Å²) in [6.45, 7) is 0. The third kappa shape index (κ3) is 3.86. The van der Waals surface area contributed by atoms with Crippen molar-refractivity contribution in [3.8, 4) is 0 Å². The van der Waals surface area contributed by atoms with Gasteiger partial charge in [0.1, 0.15) is 0 Å². The normalized spacial score (nSPS) is 32.3. The zero-order valence-corrected chi connectivity index (χ0v) is 15.7. The number of sulfone groups is 1. The zero-order chi connectivity index (χ0) is 16.7. The number of piperidine rings is 1. The molecule has 5 nitrogen and oxygen atoms in total. The predicted molar refractivity (Wildman–Crippen MR) is 98.5 cm³/mol. The number of amides is 1. The number of hydrogen-bond donors (Lipinski definition) is 2. The molecule has 3 aliphatic heterocycles. The summed E-state index contributed by atoms with van der Waals surface area (Å²) in [6.07, 6.45) is 5.65. The number of benzene rings is 1. The predicted octanol–water partition coefficient (Wildman–Crippen LogP) is 2.36. The van der Waals surface area contributed by atoms with Crippen molar-refractivity contribution in [3.05, 3.63) is 29.8 Å². The summed E-state index contributed by atoms with van der Waals surface area (Å²) in [5, 5.41) is 6.68. The molecule has 2 saturated heterocycles. The molecule has 1 aromatic carbocycles. The molecule has 3 aliphatic rings. The number of hydrogen-bond acceptors (Lipinski definition) is 4. The van der Waals surface area contributed by atoms with Crippen molar-refractivity contribution in [2.45, 2.75) is 61.5 Å². The second kappa shape index (κ2) is 7.25. The van der Waals surface area contributed by atoms with Crippen LogP contribution < -0.4 is 10.6 Å². The molecule has 3 atom stereocenters. The summed E-state index contributed by atoms with van der Waals surface area (Å²) >= 11 is 0. The van der Waals surface area contributed by atoms with Crippen LogP contribution in [0.2, 0.25) is 0 Å². The van der Waals surface area contributed by atoms with Crippen LogP contribution >= 0.6 is 12.4 Å². The van der Waals surface area contributed by atoms with E-state index < -0.39 is 9.84 Å². The number of rotatable bonds is 3. The van der Waals surface area contributed by atoms with Gasteiger partial charge in [-0.2, -0.15) is 0 Å². The topological polar surface area (TPSA) is 75.3 Å². The molecular formula is C18H25ClN2O3S. The molecule has 0 aliphatic carbocycles. The van der Waals surface area contributed by atoms with Gasteiger partial charge in [-0.25, -0.2) is 8.42 Å². The lowest BCUT2D eigenvalue weighted by Gasteiger charge is -2.30.